The second-order valence-corrected chi connectivity index (χ2v) is 20.5. The maximum atomic E-state index is 14.2. The molecule has 1 aliphatic heterocycles. The van der Waals surface area contributed by atoms with Gasteiger partial charge in [0.1, 0.15) is 18.7 Å². The molecule has 21 nitrogen and oxygen atoms in total. The Kier molecular flexibility index (Phi) is 37.6. The minimum absolute atomic E-state index is 0.0476. The fraction of sp³-hybridized carbons (Fsp3) is 0.683. The molecule has 460 valence electrons. The molecule has 9 unspecified atom stereocenters. The summed E-state index contributed by atoms with van der Waals surface area (Å²) in [7, 11) is 6.49. The van der Waals surface area contributed by atoms with Crippen LogP contribution in [0.5, 0.6) is 0 Å². The predicted octanol–water partition coefficient (Wildman–Crippen LogP) is 5.68. The topological polar surface area (TPSA) is 270 Å². The Bertz CT molecular complexity index is 2130. The van der Waals surface area contributed by atoms with Crippen LogP contribution in [0.2, 0.25) is 0 Å². The van der Waals surface area contributed by atoms with Gasteiger partial charge in [-0.15, -0.1) is 0 Å². The fourth-order valence-electron chi connectivity index (χ4n) is 9.49. The number of methoxy groups -OCH3 is 2. The molecule has 2 aromatic rings. The van der Waals surface area contributed by atoms with Gasteiger partial charge in [0.25, 0.3) is 0 Å². The van der Waals surface area contributed by atoms with Gasteiger partial charge in [-0.25, -0.2) is 4.79 Å². The normalized spacial score (nSPS) is 16.3. The first-order valence-electron chi connectivity index (χ1n) is 28.8. The molecule has 9 atom stereocenters. The highest BCUT2D eigenvalue weighted by Crippen LogP contribution is 2.29. The minimum atomic E-state index is -1.15. The number of nitrogens with one attached hydrogen (secondary N) is 2. The van der Waals surface area contributed by atoms with Crippen molar-refractivity contribution in [2.75, 3.05) is 94.2 Å². The predicted molar refractivity (Wildman–Crippen MR) is 314 cm³/mol. The van der Waals surface area contributed by atoms with Crippen molar-refractivity contribution < 1.29 is 67.5 Å². The van der Waals surface area contributed by atoms with Crippen LogP contribution in [0, 0.1) is 17.8 Å². The number of amides is 4. The number of carbonyl (C=O) groups is 6. The van der Waals surface area contributed by atoms with Crippen LogP contribution in [0.4, 0.5) is 0 Å². The zero-order valence-electron chi connectivity index (χ0n) is 51.2. The molecule has 0 aliphatic carbocycles. The Morgan fingerprint density at radius 2 is 1.35 bits per heavy atom. The van der Waals surface area contributed by atoms with Gasteiger partial charge in [0.05, 0.1) is 94.6 Å². The van der Waals surface area contributed by atoms with Crippen LogP contribution < -0.4 is 16.4 Å². The van der Waals surface area contributed by atoms with Crippen molar-refractivity contribution in [1.82, 2.24) is 25.3 Å². The van der Waals surface area contributed by atoms with Crippen LogP contribution in [-0.2, 0) is 70.1 Å². The highest BCUT2D eigenvalue weighted by Gasteiger charge is 2.42. The van der Waals surface area contributed by atoms with E-state index in [1.54, 1.807) is 35.9 Å². The monoisotopic (exact) mass is 1140 g/mol. The fourth-order valence-corrected chi connectivity index (χ4v) is 9.49. The van der Waals surface area contributed by atoms with Crippen LogP contribution in [0.3, 0.4) is 0 Å². The Morgan fingerprint density at radius 1 is 0.778 bits per heavy atom. The van der Waals surface area contributed by atoms with Gasteiger partial charge in [-0.05, 0) is 61.8 Å². The molecule has 0 saturated carbocycles. The lowest BCUT2D eigenvalue weighted by Crippen LogP contribution is -2.55. The number of hydrogen-bond donors (Lipinski definition) is 5. The Hall–Kier alpha value is -5.55. The zero-order chi connectivity index (χ0) is 61.0. The molecule has 81 heavy (non-hydrogen) atoms. The number of likely N-dealkylation sites (N-methyl/N-ethyl adjacent to an activating group) is 2. The highest BCUT2D eigenvalue weighted by molar-refractivity contribution is 5.98. The van der Waals surface area contributed by atoms with Crippen LogP contribution in [0.25, 0.3) is 0 Å². The average Bonchev–Trinajstić information content (AvgIpc) is 4.04. The summed E-state index contributed by atoms with van der Waals surface area (Å²) in [5.74, 6) is -4.49. The third kappa shape index (κ3) is 26.5. The third-order valence-electron chi connectivity index (χ3n) is 14.0. The first-order chi connectivity index (χ1) is 38.7. The number of rotatable bonds is 37. The molecule has 1 saturated heterocycles. The molecular weight excluding hydrogens is 1040 g/mol. The van der Waals surface area contributed by atoms with Crippen LogP contribution in [0.1, 0.15) is 118 Å². The first-order valence-corrected chi connectivity index (χ1v) is 28.8. The summed E-state index contributed by atoms with van der Waals surface area (Å²) in [5.41, 5.74) is 8.70. The molecule has 2 aromatic carbocycles. The molecule has 3 rings (SSSR count). The minimum Gasteiger partial charge on any atom is -0.480 e. The molecule has 0 aromatic heterocycles. The van der Waals surface area contributed by atoms with Crippen molar-refractivity contribution in [3.8, 4) is 0 Å². The van der Waals surface area contributed by atoms with Crippen LogP contribution >= 0.6 is 0 Å². The number of carboxylic acid groups (broad SMARTS) is 2. The standard InChI is InChI=1S/C55H87N7O14.C3H8.C2H6/c1-11-37(4)50(46(71-9)34-47(63)62-23-15-18-45(62)51(72-10)38(5)52(65)58-44(55(69)70)33-40-16-13-12-14-17-40)61(8)48(64)35-57-53(66)49(36(2)3)60(7)24-25-73-26-27-74-28-29-75-30-31-76-59-39(6)42-21-19-41(20-22-42)32-43(56)54(67)68;1-3-2;1-2/h12-14,16-17,19-22,36-38,43-46,49-51H,11,15,18,23-35,56H2,1-10H3,(H,57,66)(H,58,65)(H,67,68)(H,69,70);3H2,1-2H3;1-2H3/b59-39+;;. The molecular formula is C60H101N7O14. The van der Waals surface area contributed by atoms with Crippen molar-refractivity contribution in [2.24, 2.45) is 28.6 Å². The van der Waals surface area contributed by atoms with Crippen molar-refractivity contribution in [1.29, 1.82) is 0 Å². The van der Waals surface area contributed by atoms with E-state index in [2.05, 4.69) is 29.6 Å². The molecule has 0 spiro atoms. The maximum Gasteiger partial charge on any atom is 0.326 e. The van der Waals surface area contributed by atoms with Crippen molar-refractivity contribution in [3.63, 3.8) is 0 Å². The molecule has 21 heteroatoms. The number of nitrogens with two attached hydrogens (primary N) is 1. The average molecular weight is 1140 g/mol. The molecule has 1 fully saturated rings. The number of benzene rings is 2. The van der Waals surface area contributed by atoms with Crippen LogP contribution in [0.15, 0.2) is 59.8 Å². The van der Waals surface area contributed by atoms with E-state index in [4.69, 9.17) is 39.4 Å². The number of carboxylic acids is 2. The van der Waals surface area contributed by atoms with Gasteiger partial charge in [-0.3, -0.25) is 28.9 Å². The van der Waals surface area contributed by atoms with E-state index in [9.17, 15) is 33.9 Å². The van der Waals surface area contributed by atoms with E-state index >= 15 is 0 Å². The Morgan fingerprint density at radius 3 is 1.88 bits per heavy atom. The molecule has 1 aliphatic rings. The Balaban J connectivity index is 0.00000633. The quantitative estimate of drug-likeness (QED) is 0.0309. The van der Waals surface area contributed by atoms with Crippen molar-refractivity contribution >= 4 is 41.3 Å². The molecule has 6 N–H and O–H groups in total. The van der Waals surface area contributed by atoms with Gasteiger partial charge in [-0.2, -0.15) is 0 Å². The summed E-state index contributed by atoms with van der Waals surface area (Å²) in [5, 5.41) is 28.6. The SMILES string of the molecule is CC.CCC.CCC(C)C(C(CC(=O)N1CCCC1C(OC)C(C)C(=O)NC(Cc1ccccc1)C(=O)O)OC)N(C)C(=O)CNC(=O)C(C(C)C)N(C)CCOCCOCCOCCO/N=C(\C)c1ccc(CC(N)C(=O)O)cc1. The first kappa shape index (κ1) is 73.5. The summed E-state index contributed by atoms with van der Waals surface area (Å²) in [4.78, 5) is 89.0. The van der Waals surface area contributed by atoms with Crippen molar-refractivity contribution in [3.05, 3.63) is 71.3 Å². The molecule has 1 heterocycles. The van der Waals surface area contributed by atoms with E-state index in [1.165, 1.54) is 20.6 Å². The lowest BCUT2D eigenvalue weighted by atomic mass is 9.90. The van der Waals surface area contributed by atoms with Gasteiger partial charge in [0.2, 0.25) is 23.6 Å². The van der Waals surface area contributed by atoms with Crippen LogP contribution in [-0.4, -0.2) is 203 Å². The molecule has 4 amide bonds. The van der Waals surface area contributed by atoms with Gasteiger partial charge in [0.15, 0.2) is 0 Å². The number of hydrogen-bond acceptors (Lipinski definition) is 15. The number of nitrogens with zero attached hydrogens (tertiary/aromatic N) is 4. The van der Waals surface area contributed by atoms with Gasteiger partial charge in [-0.1, -0.05) is 135 Å². The highest BCUT2D eigenvalue weighted by atomic mass is 16.6. The van der Waals surface area contributed by atoms with E-state index in [0.29, 0.717) is 77.7 Å². The van der Waals surface area contributed by atoms with E-state index in [0.717, 1.165) is 16.7 Å². The second kappa shape index (κ2) is 41.4. The smallest absolute Gasteiger partial charge is 0.326 e. The molecule has 0 radical (unpaired) electrons. The number of ether oxygens (including phenoxy) is 5. The third-order valence-corrected chi connectivity index (χ3v) is 14.0. The number of likely N-dealkylation sites (tertiary alicyclic amines) is 1. The largest absolute Gasteiger partial charge is 0.480 e. The molecule has 0 bridgehead atoms. The summed E-state index contributed by atoms with van der Waals surface area (Å²) in [6.07, 6.45) is 2.09. The lowest BCUT2D eigenvalue weighted by molar-refractivity contribution is -0.147. The maximum absolute atomic E-state index is 14.2. The Labute approximate surface area is 483 Å². The summed E-state index contributed by atoms with van der Waals surface area (Å²) >= 11 is 0. The lowest BCUT2D eigenvalue weighted by Gasteiger charge is -2.39. The number of aliphatic carboxylic acids is 2. The van der Waals surface area contributed by atoms with E-state index in [-0.39, 0.29) is 62.0 Å². The van der Waals surface area contributed by atoms with Crippen molar-refractivity contribution in [2.45, 2.75) is 157 Å². The van der Waals surface area contributed by atoms with Gasteiger partial charge >= 0.3 is 11.9 Å². The van der Waals surface area contributed by atoms with Gasteiger partial charge in [0, 0.05) is 40.8 Å². The van der Waals surface area contributed by atoms with E-state index in [1.807, 2.05) is 103 Å². The van der Waals surface area contributed by atoms with E-state index < -0.39 is 66.2 Å². The summed E-state index contributed by atoms with van der Waals surface area (Å²) in [6, 6.07) is 12.7. The summed E-state index contributed by atoms with van der Waals surface area (Å²) in [6.45, 7) is 22.6. The summed E-state index contributed by atoms with van der Waals surface area (Å²) < 4.78 is 28.8. The van der Waals surface area contributed by atoms with Gasteiger partial charge < -0.3 is 64.9 Å². The zero-order valence-corrected chi connectivity index (χ0v) is 51.2. The second-order valence-electron chi connectivity index (χ2n) is 20.5. The number of carbonyl (C=O) groups excluding carboxylic acids is 4. The number of oxime groups is 1.